The molecule has 18 heavy (non-hydrogen) atoms. The second-order valence-electron chi connectivity index (χ2n) is 4.45. The van der Waals surface area contributed by atoms with Gasteiger partial charge in [0.15, 0.2) is 15.5 Å². The summed E-state index contributed by atoms with van der Waals surface area (Å²) >= 11 is 0. The quantitative estimate of drug-likeness (QED) is 0.746. The first kappa shape index (κ1) is 13.1. The Kier molecular flexibility index (Phi) is 3.70. The van der Waals surface area contributed by atoms with Crippen LogP contribution in [-0.2, 0) is 21.1 Å². The van der Waals surface area contributed by atoms with Gasteiger partial charge in [0.25, 0.3) is 0 Å². The Morgan fingerprint density at radius 2 is 2.39 bits per heavy atom. The van der Waals surface area contributed by atoms with Gasteiger partial charge in [0.2, 0.25) is 0 Å². The third kappa shape index (κ3) is 3.10. The summed E-state index contributed by atoms with van der Waals surface area (Å²) in [5, 5.41) is 0. The van der Waals surface area contributed by atoms with Gasteiger partial charge in [0.1, 0.15) is 0 Å². The van der Waals surface area contributed by atoms with Crippen molar-refractivity contribution < 1.29 is 17.9 Å². The van der Waals surface area contributed by atoms with Crippen molar-refractivity contribution in [2.75, 3.05) is 18.1 Å². The van der Waals surface area contributed by atoms with E-state index in [9.17, 15) is 13.2 Å². The first-order valence-corrected chi connectivity index (χ1v) is 7.71. The summed E-state index contributed by atoms with van der Waals surface area (Å²) in [4.78, 5) is 15.4. The normalized spacial score (nSPS) is 21.9. The van der Waals surface area contributed by atoms with Crippen LogP contribution in [0.15, 0.2) is 12.5 Å². The van der Waals surface area contributed by atoms with Gasteiger partial charge in [0, 0.05) is 12.7 Å². The Bertz CT molecular complexity index is 535. The van der Waals surface area contributed by atoms with Crippen LogP contribution in [0, 0.1) is 5.92 Å². The maximum Gasteiger partial charge on any atom is 0.358 e. The minimum absolute atomic E-state index is 0.110. The number of sulfone groups is 1. The number of rotatable bonds is 4. The molecule has 1 unspecified atom stereocenters. The van der Waals surface area contributed by atoms with Crippen LogP contribution in [0.3, 0.4) is 0 Å². The molecule has 1 saturated heterocycles. The van der Waals surface area contributed by atoms with Crippen LogP contribution < -0.4 is 0 Å². The summed E-state index contributed by atoms with van der Waals surface area (Å²) in [7, 11) is -2.86. The highest BCUT2D eigenvalue weighted by Crippen LogP contribution is 2.20. The lowest BCUT2D eigenvalue weighted by Crippen LogP contribution is -2.11. The summed E-state index contributed by atoms with van der Waals surface area (Å²) in [5.41, 5.74) is 0.262. The molecule has 1 aliphatic heterocycles. The number of hydrogen-bond donors (Lipinski definition) is 0. The monoisotopic (exact) mass is 272 g/mol. The SMILES string of the molecule is CCOC(=O)c1cn(CC2CCS(=O)(=O)C2)cn1. The molecule has 0 radical (unpaired) electrons. The van der Waals surface area contributed by atoms with Crippen LogP contribution in [0.25, 0.3) is 0 Å². The number of ether oxygens (including phenoxy) is 1. The van der Waals surface area contributed by atoms with Gasteiger partial charge in [-0.1, -0.05) is 0 Å². The molecule has 6 nitrogen and oxygen atoms in total. The molecule has 0 aromatic carbocycles. The third-order valence-electron chi connectivity index (χ3n) is 2.91. The number of nitrogens with zero attached hydrogens (tertiary/aromatic N) is 2. The molecule has 7 heteroatoms. The predicted molar refractivity (Wildman–Crippen MR) is 64.9 cm³/mol. The molecule has 0 spiro atoms. The molecular weight excluding hydrogens is 256 g/mol. The zero-order chi connectivity index (χ0) is 13.2. The highest BCUT2D eigenvalue weighted by molar-refractivity contribution is 7.91. The maximum atomic E-state index is 11.4. The average molecular weight is 272 g/mol. The van der Waals surface area contributed by atoms with Gasteiger partial charge in [-0.15, -0.1) is 0 Å². The third-order valence-corrected chi connectivity index (χ3v) is 4.75. The number of esters is 1. The Labute approximate surface area is 106 Å². The Balaban J connectivity index is 1.97. The van der Waals surface area contributed by atoms with Gasteiger partial charge < -0.3 is 9.30 Å². The summed E-state index contributed by atoms with van der Waals surface area (Å²) in [6.45, 7) is 2.62. The first-order valence-electron chi connectivity index (χ1n) is 5.89. The lowest BCUT2D eigenvalue weighted by molar-refractivity contribution is 0.0520. The fourth-order valence-corrected chi connectivity index (χ4v) is 3.93. The Morgan fingerprint density at radius 3 is 3.00 bits per heavy atom. The van der Waals surface area contributed by atoms with E-state index < -0.39 is 15.8 Å². The molecule has 100 valence electrons. The van der Waals surface area contributed by atoms with Crippen LogP contribution in [-0.4, -0.2) is 42.1 Å². The van der Waals surface area contributed by atoms with Gasteiger partial charge >= 0.3 is 5.97 Å². The van der Waals surface area contributed by atoms with Gasteiger partial charge in [-0.25, -0.2) is 18.2 Å². The van der Waals surface area contributed by atoms with E-state index in [1.807, 2.05) is 0 Å². The summed E-state index contributed by atoms with van der Waals surface area (Å²) in [6, 6.07) is 0. The minimum atomic E-state index is -2.86. The minimum Gasteiger partial charge on any atom is -0.461 e. The number of carbonyl (C=O) groups excluding carboxylic acids is 1. The van der Waals surface area contributed by atoms with E-state index in [4.69, 9.17) is 4.74 Å². The second kappa shape index (κ2) is 5.09. The van der Waals surface area contributed by atoms with Crippen LogP contribution in [0.1, 0.15) is 23.8 Å². The topological polar surface area (TPSA) is 78.3 Å². The van der Waals surface area contributed by atoms with Crippen molar-refractivity contribution in [1.29, 1.82) is 0 Å². The molecule has 0 aliphatic carbocycles. The molecule has 1 aromatic rings. The molecule has 1 aromatic heterocycles. The standard InChI is InChI=1S/C11H16N2O4S/c1-2-17-11(14)10-6-13(8-12-10)5-9-3-4-18(15,16)7-9/h6,8-9H,2-5,7H2,1H3. The van der Waals surface area contributed by atoms with E-state index in [0.29, 0.717) is 19.6 Å². The number of carbonyl (C=O) groups is 1. The average Bonchev–Trinajstić information content (AvgIpc) is 2.86. The van der Waals surface area contributed by atoms with Crippen molar-refractivity contribution in [2.45, 2.75) is 19.9 Å². The van der Waals surface area contributed by atoms with Gasteiger partial charge in [0.05, 0.1) is 24.4 Å². The van der Waals surface area contributed by atoms with E-state index in [-0.39, 0.29) is 23.1 Å². The molecule has 0 amide bonds. The van der Waals surface area contributed by atoms with Gasteiger partial charge in [-0.3, -0.25) is 0 Å². The highest BCUT2D eigenvalue weighted by Gasteiger charge is 2.28. The van der Waals surface area contributed by atoms with E-state index in [0.717, 1.165) is 0 Å². The van der Waals surface area contributed by atoms with Crippen LogP contribution in [0.5, 0.6) is 0 Å². The molecule has 1 aliphatic rings. The molecule has 0 bridgehead atoms. The van der Waals surface area contributed by atoms with Crippen LogP contribution >= 0.6 is 0 Å². The van der Waals surface area contributed by atoms with Crippen molar-refractivity contribution >= 4 is 15.8 Å². The fourth-order valence-electron chi connectivity index (χ4n) is 2.08. The zero-order valence-electron chi connectivity index (χ0n) is 10.2. The number of imidazole rings is 1. The van der Waals surface area contributed by atoms with Crippen molar-refractivity contribution in [2.24, 2.45) is 5.92 Å². The highest BCUT2D eigenvalue weighted by atomic mass is 32.2. The van der Waals surface area contributed by atoms with Crippen LogP contribution in [0.4, 0.5) is 0 Å². The smallest absolute Gasteiger partial charge is 0.358 e. The van der Waals surface area contributed by atoms with Crippen LogP contribution in [0.2, 0.25) is 0 Å². The molecule has 2 rings (SSSR count). The molecule has 0 saturated carbocycles. The summed E-state index contributed by atoms with van der Waals surface area (Å²) in [6.07, 6.45) is 3.81. The Hall–Kier alpha value is -1.37. The summed E-state index contributed by atoms with van der Waals surface area (Å²) < 4.78 is 29.2. The Morgan fingerprint density at radius 1 is 1.61 bits per heavy atom. The van der Waals surface area contributed by atoms with Gasteiger partial charge in [-0.2, -0.15) is 0 Å². The lowest BCUT2D eigenvalue weighted by Gasteiger charge is -2.07. The molecule has 1 atom stereocenters. The van der Waals surface area contributed by atoms with Crippen molar-refractivity contribution in [3.05, 3.63) is 18.2 Å². The maximum absolute atomic E-state index is 11.4. The second-order valence-corrected chi connectivity index (χ2v) is 6.67. The van der Waals surface area contributed by atoms with Crippen molar-refractivity contribution in [3.8, 4) is 0 Å². The summed E-state index contributed by atoms with van der Waals surface area (Å²) in [5.74, 6) is 0.145. The number of aromatic nitrogens is 2. The van der Waals surface area contributed by atoms with Gasteiger partial charge in [-0.05, 0) is 19.3 Å². The van der Waals surface area contributed by atoms with E-state index in [1.165, 1.54) is 6.33 Å². The van der Waals surface area contributed by atoms with E-state index in [1.54, 1.807) is 17.7 Å². The van der Waals surface area contributed by atoms with Crippen molar-refractivity contribution in [1.82, 2.24) is 9.55 Å². The van der Waals surface area contributed by atoms with Crippen molar-refractivity contribution in [3.63, 3.8) is 0 Å². The fraction of sp³-hybridized carbons (Fsp3) is 0.636. The lowest BCUT2D eigenvalue weighted by atomic mass is 10.1. The molecule has 1 fully saturated rings. The zero-order valence-corrected chi connectivity index (χ0v) is 11.0. The largest absolute Gasteiger partial charge is 0.461 e. The first-order chi connectivity index (χ1) is 8.50. The predicted octanol–water partition coefficient (Wildman–Crippen LogP) is 0.494. The molecule has 0 N–H and O–H groups in total. The van der Waals surface area contributed by atoms with E-state index >= 15 is 0 Å². The number of hydrogen-bond acceptors (Lipinski definition) is 5. The molecular formula is C11H16N2O4S. The van der Waals surface area contributed by atoms with E-state index in [2.05, 4.69) is 4.98 Å². The molecule has 2 heterocycles.